The second-order valence-electron chi connectivity index (χ2n) is 4.13. The normalized spacial score (nSPS) is 10.5. The maximum Gasteiger partial charge on any atom is 0.271 e. The van der Waals surface area contributed by atoms with Gasteiger partial charge in [0.25, 0.3) is 5.69 Å². The number of rotatable bonds is 3. The predicted molar refractivity (Wildman–Crippen MR) is 76.3 cm³/mol. The van der Waals surface area contributed by atoms with E-state index in [2.05, 4.69) is 15.1 Å². The van der Waals surface area contributed by atoms with Gasteiger partial charge in [-0.05, 0) is 18.2 Å². The number of halogens is 1. The highest BCUT2D eigenvalue weighted by molar-refractivity contribution is 6.32. The second-order valence-corrected chi connectivity index (χ2v) is 4.54. The number of hydrogen-bond donors (Lipinski definition) is 0. The van der Waals surface area contributed by atoms with E-state index in [9.17, 15) is 10.1 Å². The van der Waals surface area contributed by atoms with Gasteiger partial charge in [-0.3, -0.25) is 15.1 Å². The predicted octanol–water partition coefficient (Wildman–Crippen LogP) is 2.89. The van der Waals surface area contributed by atoms with E-state index in [4.69, 9.17) is 11.6 Å². The monoisotopic (exact) mass is 301 g/mol. The fourth-order valence-electron chi connectivity index (χ4n) is 1.89. The number of nitrogens with zero attached hydrogens (tertiary/aromatic N) is 5. The Balaban J connectivity index is 2.17. The molecule has 2 heterocycles. The molecule has 0 saturated carbocycles. The van der Waals surface area contributed by atoms with Gasteiger partial charge in [0.15, 0.2) is 5.82 Å². The van der Waals surface area contributed by atoms with Crippen LogP contribution in [0.2, 0.25) is 5.02 Å². The summed E-state index contributed by atoms with van der Waals surface area (Å²) >= 11 is 6.12. The van der Waals surface area contributed by atoms with Gasteiger partial charge < -0.3 is 0 Å². The van der Waals surface area contributed by atoms with Crippen molar-refractivity contribution >= 4 is 17.3 Å². The number of nitro benzene ring substituents is 1. The highest BCUT2D eigenvalue weighted by atomic mass is 35.5. The summed E-state index contributed by atoms with van der Waals surface area (Å²) < 4.78 is 1.45. The molecular weight excluding hydrogens is 294 g/mol. The molecule has 0 fully saturated rings. The summed E-state index contributed by atoms with van der Waals surface area (Å²) in [4.78, 5) is 18.6. The van der Waals surface area contributed by atoms with Gasteiger partial charge in [-0.25, -0.2) is 9.67 Å². The summed E-state index contributed by atoms with van der Waals surface area (Å²) in [6.07, 6.45) is 4.63. The quantitative estimate of drug-likeness (QED) is 0.548. The van der Waals surface area contributed by atoms with E-state index >= 15 is 0 Å². The fraction of sp³-hybridized carbons (Fsp3) is 0. The van der Waals surface area contributed by atoms with Crippen molar-refractivity contribution in [2.45, 2.75) is 0 Å². The third-order valence-electron chi connectivity index (χ3n) is 2.84. The van der Waals surface area contributed by atoms with Crippen LogP contribution in [0.3, 0.4) is 0 Å². The minimum Gasteiger partial charge on any atom is -0.264 e. The van der Waals surface area contributed by atoms with E-state index in [-0.39, 0.29) is 5.69 Å². The minimum atomic E-state index is -0.486. The van der Waals surface area contributed by atoms with Gasteiger partial charge in [-0.15, -0.1) is 0 Å². The standard InChI is InChI=1S/C13H8ClN5O2/c14-11-4-3-10(19(20)21)6-12(11)18-13(16-8-17-18)9-2-1-5-15-7-9/h1-8H. The number of non-ortho nitro benzene ring substituents is 1. The molecule has 0 N–H and O–H groups in total. The van der Waals surface area contributed by atoms with Gasteiger partial charge in [0, 0.05) is 30.1 Å². The number of hydrogen-bond acceptors (Lipinski definition) is 5. The van der Waals surface area contributed by atoms with Crippen molar-refractivity contribution in [1.82, 2.24) is 19.7 Å². The van der Waals surface area contributed by atoms with Crippen LogP contribution in [0.5, 0.6) is 0 Å². The Morgan fingerprint density at radius 1 is 1.29 bits per heavy atom. The largest absolute Gasteiger partial charge is 0.271 e. The summed E-state index contributed by atoms with van der Waals surface area (Å²) in [5, 5.41) is 15.3. The van der Waals surface area contributed by atoms with Crippen LogP contribution in [0, 0.1) is 10.1 Å². The lowest BCUT2D eigenvalue weighted by molar-refractivity contribution is -0.384. The molecule has 104 valence electrons. The molecule has 3 aromatic rings. The lowest BCUT2D eigenvalue weighted by Crippen LogP contribution is -2.01. The van der Waals surface area contributed by atoms with E-state index < -0.39 is 4.92 Å². The lowest BCUT2D eigenvalue weighted by Gasteiger charge is -2.07. The molecule has 7 nitrogen and oxygen atoms in total. The average molecular weight is 302 g/mol. The molecule has 0 amide bonds. The molecule has 0 aliphatic heterocycles. The van der Waals surface area contributed by atoms with E-state index in [1.165, 1.54) is 29.2 Å². The van der Waals surface area contributed by atoms with Crippen LogP contribution < -0.4 is 0 Å². The van der Waals surface area contributed by atoms with E-state index in [1.54, 1.807) is 18.5 Å². The third-order valence-corrected chi connectivity index (χ3v) is 3.16. The van der Waals surface area contributed by atoms with Crippen LogP contribution in [0.15, 0.2) is 49.1 Å². The van der Waals surface area contributed by atoms with Crippen molar-refractivity contribution in [1.29, 1.82) is 0 Å². The summed E-state index contributed by atoms with van der Waals surface area (Å²) in [7, 11) is 0. The molecule has 0 atom stereocenters. The topological polar surface area (TPSA) is 86.7 Å². The zero-order valence-corrected chi connectivity index (χ0v) is 11.3. The zero-order chi connectivity index (χ0) is 14.8. The molecule has 8 heteroatoms. The Kier molecular flexibility index (Phi) is 3.33. The van der Waals surface area contributed by atoms with Crippen LogP contribution in [-0.2, 0) is 0 Å². The van der Waals surface area contributed by atoms with Gasteiger partial charge in [0.2, 0.25) is 0 Å². The molecule has 21 heavy (non-hydrogen) atoms. The zero-order valence-electron chi connectivity index (χ0n) is 10.5. The molecule has 0 aliphatic rings. The maximum atomic E-state index is 10.9. The van der Waals surface area contributed by atoms with Gasteiger partial charge in [-0.1, -0.05) is 11.6 Å². The van der Waals surface area contributed by atoms with Gasteiger partial charge in [0.1, 0.15) is 6.33 Å². The van der Waals surface area contributed by atoms with Crippen molar-refractivity contribution in [3.63, 3.8) is 0 Å². The number of aromatic nitrogens is 4. The average Bonchev–Trinajstić information content (AvgIpc) is 2.97. The molecule has 3 rings (SSSR count). The van der Waals surface area contributed by atoms with Gasteiger partial charge >= 0.3 is 0 Å². The van der Waals surface area contributed by atoms with Crippen LogP contribution in [0.4, 0.5) is 5.69 Å². The molecule has 2 aromatic heterocycles. The Labute approximate surface area is 124 Å². The SMILES string of the molecule is O=[N+]([O-])c1ccc(Cl)c(-n2ncnc2-c2cccnc2)c1. The van der Waals surface area contributed by atoms with Gasteiger partial charge in [0.05, 0.1) is 15.6 Å². The molecule has 0 bridgehead atoms. The first-order valence-corrected chi connectivity index (χ1v) is 6.29. The first-order valence-electron chi connectivity index (χ1n) is 5.91. The van der Waals surface area contributed by atoms with Crippen molar-refractivity contribution in [2.75, 3.05) is 0 Å². The summed E-state index contributed by atoms with van der Waals surface area (Å²) in [5.74, 6) is 0.505. The summed E-state index contributed by atoms with van der Waals surface area (Å²) in [6.45, 7) is 0. The smallest absolute Gasteiger partial charge is 0.264 e. The van der Waals surface area contributed by atoms with E-state index in [0.29, 0.717) is 16.5 Å². The second kappa shape index (κ2) is 5.29. The molecule has 0 unspecified atom stereocenters. The Morgan fingerprint density at radius 2 is 2.14 bits per heavy atom. The Bertz CT molecular complexity index is 803. The Morgan fingerprint density at radius 3 is 2.86 bits per heavy atom. The highest BCUT2D eigenvalue weighted by Crippen LogP contribution is 2.28. The van der Waals surface area contributed by atoms with Crippen LogP contribution in [0.25, 0.3) is 17.1 Å². The van der Waals surface area contributed by atoms with Crippen molar-refractivity contribution < 1.29 is 4.92 Å². The van der Waals surface area contributed by atoms with E-state index in [1.807, 2.05) is 6.07 Å². The fourth-order valence-corrected chi connectivity index (χ4v) is 2.08. The molecule has 0 radical (unpaired) electrons. The lowest BCUT2D eigenvalue weighted by atomic mass is 10.2. The third kappa shape index (κ3) is 2.46. The highest BCUT2D eigenvalue weighted by Gasteiger charge is 2.16. The number of nitro groups is 1. The molecule has 1 aromatic carbocycles. The van der Waals surface area contributed by atoms with Crippen LogP contribution in [0.1, 0.15) is 0 Å². The van der Waals surface area contributed by atoms with E-state index in [0.717, 1.165) is 5.56 Å². The summed E-state index contributed by atoms with van der Waals surface area (Å²) in [5.41, 5.74) is 1.06. The first kappa shape index (κ1) is 13.2. The van der Waals surface area contributed by atoms with Crippen LogP contribution >= 0.6 is 11.6 Å². The van der Waals surface area contributed by atoms with Crippen molar-refractivity contribution in [3.8, 4) is 17.1 Å². The molecule has 0 aliphatic carbocycles. The number of benzene rings is 1. The van der Waals surface area contributed by atoms with Gasteiger partial charge in [-0.2, -0.15) is 5.10 Å². The van der Waals surface area contributed by atoms with Crippen molar-refractivity contribution in [2.24, 2.45) is 0 Å². The summed E-state index contributed by atoms with van der Waals surface area (Å²) in [6, 6.07) is 7.75. The molecule has 0 saturated heterocycles. The Hall–Kier alpha value is -2.80. The number of pyridine rings is 1. The molecular formula is C13H8ClN5O2. The maximum absolute atomic E-state index is 10.9. The first-order chi connectivity index (χ1) is 10.2. The minimum absolute atomic E-state index is 0.0676. The van der Waals surface area contributed by atoms with Crippen LogP contribution in [-0.4, -0.2) is 24.7 Å². The van der Waals surface area contributed by atoms with Crippen molar-refractivity contribution in [3.05, 3.63) is 64.2 Å². The molecule has 0 spiro atoms.